The van der Waals surface area contributed by atoms with Crippen molar-refractivity contribution in [1.29, 1.82) is 0 Å². The molecule has 2 rings (SSSR count). The van der Waals surface area contributed by atoms with E-state index < -0.39 is 22.5 Å². The van der Waals surface area contributed by atoms with Gasteiger partial charge < -0.3 is 14.6 Å². The molecule has 0 aliphatic rings. The second kappa shape index (κ2) is 7.37. The van der Waals surface area contributed by atoms with Gasteiger partial charge in [0.2, 0.25) is 0 Å². The smallest absolute Gasteiger partial charge is 0.313 e. The van der Waals surface area contributed by atoms with Crippen molar-refractivity contribution >= 4 is 5.69 Å². The zero-order valence-corrected chi connectivity index (χ0v) is 11.5. The Morgan fingerprint density at radius 2 is 1.82 bits per heavy atom. The molecule has 6 nitrogen and oxygen atoms in total. The van der Waals surface area contributed by atoms with Crippen molar-refractivity contribution in [2.75, 3.05) is 13.2 Å². The number of nitro groups is 1. The number of rotatable bonds is 7. The van der Waals surface area contributed by atoms with Crippen LogP contribution in [-0.2, 0) is 0 Å². The van der Waals surface area contributed by atoms with Crippen LogP contribution in [0.5, 0.6) is 11.5 Å². The lowest BCUT2D eigenvalue weighted by atomic mass is 10.3. The maximum absolute atomic E-state index is 13.0. The Hall–Kier alpha value is -2.67. The summed E-state index contributed by atoms with van der Waals surface area (Å²) in [6.45, 7) is -0.238. The lowest BCUT2D eigenvalue weighted by molar-refractivity contribution is -0.386. The van der Waals surface area contributed by atoms with E-state index in [-0.39, 0.29) is 19.0 Å². The Balaban J connectivity index is 1.88. The number of halogens is 1. The van der Waals surface area contributed by atoms with Gasteiger partial charge in [0.25, 0.3) is 0 Å². The third kappa shape index (κ3) is 4.42. The molecule has 0 bridgehead atoms. The fourth-order valence-corrected chi connectivity index (χ4v) is 1.70. The quantitative estimate of drug-likeness (QED) is 0.628. The van der Waals surface area contributed by atoms with Crippen molar-refractivity contribution in [3.8, 4) is 11.5 Å². The van der Waals surface area contributed by atoms with Crippen molar-refractivity contribution in [2.45, 2.75) is 6.10 Å². The van der Waals surface area contributed by atoms with E-state index >= 15 is 0 Å². The number of nitro benzene ring substituents is 1. The van der Waals surface area contributed by atoms with Crippen LogP contribution in [0.3, 0.4) is 0 Å². The summed E-state index contributed by atoms with van der Waals surface area (Å²) in [6.07, 6.45) is -0.982. The third-order valence-electron chi connectivity index (χ3n) is 2.73. The van der Waals surface area contributed by atoms with E-state index in [0.29, 0.717) is 5.75 Å². The van der Waals surface area contributed by atoms with E-state index in [1.54, 1.807) is 24.3 Å². The van der Waals surface area contributed by atoms with Crippen LogP contribution >= 0.6 is 0 Å². The highest BCUT2D eigenvalue weighted by Gasteiger charge is 2.17. The van der Waals surface area contributed by atoms with Crippen LogP contribution in [0.4, 0.5) is 10.1 Å². The summed E-state index contributed by atoms with van der Waals surface area (Å²) in [5, 5.41) is 20.6. The number of hydrogen-bond donors (Lipinski definition) is 1. The highest BCUT2D eigenvalue weighted by atomic mass is 19.1. The van der Waals surface area contributed by atoms with Gasteiger partial charge in [-0.25, -0.2) is 4.39 Å². The van der Waals surface area contributed by atoms with Gasteiger partial charge in [-0.1, -0.05) is 18.2 Å². The Morgan fingerprint density at radius 3 is 2.50 bits per heavy atom. The first kappa shape index (κ1) is 15.7. The SMILES string of the molecule is O=[N+]([O-])c1cc(F)ccc1OCC(O)COc1ccccc1. The molecule has 22 heavy (non-hydrogen) atoms. The molecule has 1 unspecified atom stereocenters. The molecule has 2 aromatic carbocycles. The summed E-state index contributed by atoms with van der Waals surface area (Å²) in [5.74, 6) is -0.244. The van der Waals surface area contributed by atoms with Gasteiger partial charge in [0.15, 0.2) is 5.75 Å². The molecule has 0 heterocycles. The maximum Gasteiger partial charge on any atom is 0.313 e. The van der Waals surface area contributed by atoms with Crippen LogP contribution in [0, 0.1) is 15.9 Å². The lowest BCUT2D eigenvalue weighted by Crippen LogP contribution is -2.25. The molecule has 0 radical (unpaired) electrons. The van der Waals surface area contributed by atoms with Gasteiger partial charge in [0.05, 0.1) is 11.0 Å². The normalized spacial score (nSPS) is 11.7. The van der Waals surface area contributed by atoms with Gasteiger partial charge in [-0.2, -0.15) is 0 Å². The van der Waals surface area contributed by atoms with Crippen molar-refractivity contribution < 1.29 is 23.9 Å². The fraction of sp³-hybridized carbons (Fsp3) is 0.200. The first-order valence-corrected chi connectivity index (χ1v) is 6.49. The van der Waals surface area contributed by atoms with Crippen LogP contribution in [-0.4, -0.2) is 29.3 Å². The van der Waals surface area contributed by atoms with E-state index in [1.807, 2.05) is 6.07 Å². The van der Waals surface area contributed by atoms with Crippen LogP contribution < -0.4 is 9.47 Å². The first-order valence-electron chi connectivity index (χ1n) is 6.49. The summed E-state index contributed by atoms with van der Waals surface area (Å²) in [4.78, 5) is 10.1. The van der Waals surface area contributed by atoms with Gasteiger partial charge in [0, 0.05) is 0 Å². The highest BCUT2D eigenvalue weighted by molar-refractivity contribution is 5.46. The molecule has 0 spiro atoms. The molecule has 0 saturated heterocycles. The lowest BCUT2D eigenvalue weighted by Gasteiger charge is -2.13. The minimum Gasteiger partial charge on any atom is -0.491 e. The minimum atomic E-state index is -0.982. The Kier molecular flexibility index (Phi) is 5.26. The molecular weight excluding hydrogens is 293 g/mol. The summed E-state index contributed by atoms with van der Waals surface area (Å²) in [7, 11) is 0. The van der Waals surface area contributed by atoms with E-state index in [1.165, 1.54) is 0 Å². The number of nitrogens with zero attached hydrogens (tertiary/aromatic N) is 1. The van der Waals surface area contributed by atoms with E-state index in [9.17, 15) is 19.6 Å². The summed E-state index contributed by atoms with van der Waals surface area (Å²) < 4.78 is 23.5. The Labute approximate surface area is 125 Å². The molecule has 1 atom stereocenters. The Bertz CT molecular complexity index is 635. The first-order chi connectivity index (χ1) is 10.6. The molecule has 0 fully saturated rings. The van der Waals surface area contributed by atoms with Gasteiger partial charge in [-0.3, -0.25) is 10.1 Å². The molecule has 0 saturated carbocycles. The molecular formula is C15H14FNO5. The minimum absolute atomic E-state index is 0.0288. The molecule has 1 N–H and O–H groups in total. The second-order valence-corrected chi connectivity index (χ2v) is 4.46. The molecule has 0 aromatic heterocycles. The van der Waals surface area contributed by atoms with Gasteiger partial charge in [0.1, 0.15) is 30.9 Å². The predicted octanol–water partition coefficient (Wildman–Crippen LogP) is 2.55. The topological polar surface area (TPSA) is 81.8 Å². The molecule has 2 aromatic rings. The molecule has 116 valence electrons. The molecule has 7 heteroatoms. The largest absolute Gasteiger partial charge is 0.491 e. The number of aliphatic hydroxyl groups excluding tert-OH is 1. The van der Waals surface area contributed by atoms with Crippen LogP contribution in [0.25, 0.3) is 0 Å². The predicted molar refractivity (Wildman–Crippen MR) is 76.5 cm³/mol. The average Bonchev–Trinajstić information content (AvgIpc) is 2.52. The zero-order valence-electron chi connectivity index (χ0n) is 11.5. The molecule has 0 amide bonds. The van der Waals surface area contributed by atoms with Gasteiger partial charge in [-0.15, -0.1) is 0 Å². The van der Waals surface area contributed by atoms with Gasteiger partial charge in [-0.05, 0) is 24.3 Å². The second-order valence-electron chi connectivity index (χ2n) is 4.46. The summed E-state index contributed by atoms with van der Waals surface area (Å²) in [5.41, 5.74) is -0.490. The van der Waals surface area contributed by atoms with E-state index in [2.05, 4.69) is 0 Å². The van der Waals surface area contributed by atoms with Crippen molar-refractivity contribution in [3.63, 3.8) is 0 Å². The average molecular weight is 307 g/mol. The van der Waals surface area contributed by atoms with Crippen molar-refractivity contribution in [3.05, 3.63) is 64.5 Å². The maximum atomic E-state index is 13.0. The summed E-state index contributed by atoms with van der Waals surface area (Å²) in [6, 6.07) is 11.9. The van der Waals surface area contributed by atoms with E-state index in [4.69, 9.17) is 9.47 Å². The third-order valence-corrected chi connectivity index (χ3v) is 2.73. The van der Waals surface area contributed by atoms with Crippen LogP contribution in [0.2, 0.25) is 0 Å². The van der Waals surface area contributed by atoms with Crippen molar-refractivity contribution in [1.82, 2.24) is 0 Å². The number of hydrogen-bond acceptors (Lipinski definition) is 5. The fourth-order valence-electron chi connectivity index (χ4n) is 1.70. The molecule has 0 aliphatic heterocycles. The monoisotopic (exact) mass is 307 g/mol. The zero-order chi connectivity index (χ0) is 15.9. The number of benzene rings is 2. The van der Waals surface area contributed by atoms with Crippen LogP contribution in [0.1, 0.15) is 0 Å². The van der Waals surface area contributed by atoms with E-state index in [0.717, 1.165) is 18.2 Å². The standard InChI is InChI=1S/C15H14FNO5/c16-11-6-7-15(14(8-11)17(19)20)22-10-12(18)9-21-13-4-2-1-3-5-13/h1-8,12,18H,9-10H2. The molecule has 0 aliphatic carbocycles. The van der Waals surface area contributed by atoms with Gasteiger partial charge >= 0.3 is 5.69 Å². The van der Waals surface area contributed by atoms with Crippen LogP contribution in [0.15, 0.2) is 48.5 Å². The number of para-hydroxylation sites is 1. The highest BCUT2D eigenvalue weighted by Crippen LogP contribution is 2.27. The number of ether oxygens (including phenoxy) is 2. The Morgan fingerprint density at radius 1 is 1.14 bits per heavy atom. The number of aliphatic hydroxyl groups is 1. The summed E-state index contributed by atoms with van der Waals surface area (Å²) >= 11 is 0. The van der Waals surface area contributed by atoms with Crippen molar-refractivity contribution in [2.24, 2.45) is 0 Å².